The lowest BCUT2D eigenvalue weighted by molar-refractivity contribution is -0.136. The maximum Gasteiger partial charge on any atom is 0.227 e. The molecule has 2 aliphatic heterocycles. The molecule has 144 valence electrons. The van der Waals surface area contributed by atoms with Gasteiger partial charge in [-0.2, -0.15) is 5.10 Å². The second kappa shape index (κ2) is 7.72. The Labute approximate surface area is 160 Å². The number of likely N-dealkylation sites (tertiary alicyclic amines) is 1. The van der Waals surface area contributed by atoms with Gasteiger partial charge in [-0.3, -0.25) is 9.48 Å². The molecular weight excluding hydrogens is 340 g/mol. The SMILES string of the molecule is COc1ccc(C2CCN(C(=O)[C@H]3CNC[C@@H]3c3cnn(C)c3)CC2)cc1. The molecule has 0 aliphatic carbocycles. The number of hydrogen-bond acceptors (Lipinski definition) is 4. The Bertz CT molecular complexity index is 778. The first-order chi connectivity index (χ1) is 13.2. The molecule has 6 nitrogen and oxygen atoms in total. The second-order valence-corrected chi connectivity index (χ2v) is 7.69. The molecule has 1 aromatic heterocycles. The summed E-state index contributed by atoms with van der Waals surface area (Å²) < 4.78 is 7.06. The fourth-order valence-electron chi connectivity index (χ4n) is 4.46. The van der Waals surface area contributed by atoms with Crippen molar-refractivity contribution in [3.05, 3.63) is 47.8 Å². The van der Waals surface area contributed by atoms with Gasteiger partial charge in [-0.25, -0.2) is 0 Å². The van der Waals surface area contributed by atoms with Crippen molar-refractivity contribution in [3.63, 3.8) is 0 Å². The molecule has 27 heavy (non-hydrogen) atoms. The van der Waals surface area contributed by atoms with Gasteiger partial charge in [0.05, 0.1) is 19.2 Å². The van der Waals surface area contributed by atoms with Crippen LogP contribution in [-0.2, 0) is 11.8 Å². The van der Waals surface area contributed by atoms with Gasteiger partial charge in [0.25, 0.3) is 0 Å². The topological polar surface area (TPSA) is 59.4 Å². The van der Waals surface area contributed by atoms with E-state index in [1.807, 2.05) is 36.3 Å². The van der Waals surface area contributed by atoms with Gasteiger partial charge in [0.15, 0.2) is 0 Å². The summed E-state index contributed by atoms with van der Waals surface area (Å²) in [6, 6.07) is 8.35. The summed E-state index contributed by atoms with van der Waals surface area (Å²) in [6.07, 6.45) is 5.98. The van der Waals surface area contributed by atoms with Gasteiger partial charge >= 0.3 is 0 Å². The lowest BCUT2D eigenvalue weighted by Gasteiger charge is -2.34. The molecule has 1 N–H and O–H groups in total. The predicted molar refractivity (Wildman–Crippen MR) is 104 cm³/mol. The Morgan fingerprint density at radius 1 is 1.15 bits per heavy atom. The molecule has 2 atom stereocenters. The van der Waals surface area contributed by atoms with Crippen molar-refractivity contribution in [2.45, 2.75) is 24.7 Å². The Morgan fingerprint density at radius 2 is 1.89 bits per heavy atom. The van der Waals surface area contributed by atoms with Crippen molar-refractivity contribution in [2.24, 2.45) is 13.0 Å². The number of nitrogens with zero attached hydrogens (tertiary/aromatic N) is 3. The van der Waals surface area contributed by atoms with E-state index in [1.165, 1.54) is 5.56 Å². The number of carbonyl (C=O) groups is 1. The number of ether oxygens (including phenoxy) is 1. The summed E-state index contributed by atoms with van der Waals surface area (Å²) in [5.41, 5.74) is 2.51. The van der Waals surface area contributed by atoms with E-state index in [4.69, 9.17) is 4.74 Å². The van der Waals surface area contributed by atoms with Gasteiger partial charge in [-0.15, -0.1) is 0 Å². The van der Waals surface area contributed by atoms with Crippen LogP contribution in [0.1, 0.15) is 35.8 Å². The molecule has 4 rings (SSSR count). The molecule has 0 saturated carbocycles. The van der Waals surface area contributed by atoms with Crippen LogP contribution in [-0.4, -0.2) is 53.9 Å². The third kappa shape index (κ3) is 3.72. The van der Waals surface area contributed by atoms with E-state index < -0.39 is 0 Å². The highest BCUT2D eigenvalue weighted by atomic mass is 16.5. The van der Waals surface area contributed by atoms with E-state index in [9.17, 15) is 4.79 Å². The number of methoxy groups -OCH3 is 1. The van der Waals surface area contributed by atoms with Crippen LogP contribution in [0.3, 0.4) is 0 Å². The number of amides is 1. The predicted octanol–water partition coefficient (Wildman–Crippen LogP) is 2.14. The third-order valence-corrected chi connectivity index (χ3v) is 6.08. The second-order valence-electron chi connectivity index (χ2n) is 7.69. The van der Waals surface area contributed by atoms with Gasteiger partial charge in [-0.1, -0.05) is 12.1 Å². The van der Waals surface area contributed by atoms with Gasteiger partial charge in [-0.05, 0) is 42.0 Å². The molecule has 6 heteroatoms. The monoisotopic (exact) mass is 368 g/mol. The minimum absolute atomic E-state index is 0.0201. The Balaban J connectivity index is 1.37. The fraction of sp³-hybridized carbons (Fsp3) is 0.524. The maximum absolute atomic E-state index is 13.2. The molecule has 0 spiro atoms. The minimum Gasteiger partial charge on any atom is -0.497 e. The minimum atomic E-state index is 0.0201. The summed E-state index contributed by atoms with van der Waals surface area (Å²) in [5.74, 6) is 1.96. The number of hydrogen-bond donors (Lipinski definition) is 1. The van der Waals surface area contributed by atoms with Crippen molar-refractivity contribution in [2.75, 3.05) is 33.3 Å². The Morgan fingerprint density at radius 3 is 2.52 bits per heavy atom. The van der Waals surface area contributed by atoms with E-state index in [-0.39, 0.29) is 11.8 Å². The average molecular weight is 368 g/mol. The summed E-state index contributed by atoms with van der Waals surface area (Å²) in [6.45, 7) is 3.29. The average Bonchev–Trinajstić information content (AvgIpc) is 3.36. The van der Waals surface area contributed by atoms with Crippen molar-refractivity contribution >= 4 is 5.91 Å². The molecule has 1 amide bonds. The van der Waals surface area contributed by atoms with Gasteiger partial charge in [0.2, 0.25) is 5.91 Å². The lowest BCUT2D eigenvalue weighted by atomic mass is 9.86. The maximum atomic E-state index is 13.2. The number of carbonyl (C=O) groups excluding carboxylic acids is 1. The van der Waals surface area contributed by atoms with Gasteiger partial charge in [0.1, 0.15) is 5.75 Å². The van der Waals surface area contributed by atoms with Crippen LogP contribution in [0.2, 0.25) is 0 Å². The zero-order valence-electron chi connectivity index (χ0n) is 16.1. The first-order valence-corrected chi connectivity index (χ1v) is 9.77. The van der Waals surface area contributed by atoms with Crippen molar-refractivity contribution in [1.29, 1.82) is 0 Å². The first-order valence-electron chi connectivity index (χ1n) is 9.77. The molecule has 0 bridgehead atoms. The largest absolute Gasteiger partial charge is 0.497 e. The van der Waals surface area contributed by atoms with E-state index >= 15 is 0 Å². The molecular formula is C21H28N4O2. The number of rotatable bonds is 4. The summed E-state index contributed by atoms with van der Waals surface area (Å²) in [5, 5.41) is 7.68. The van der Waals surface area contributed by atoms with Crippen LogP contribution in [0.15, 0.2) is 36.7 Å². The lowest BCUT2D eigenvalue weighted by Crippen LogP contribution is -2.43. The molecule has 0 unspecified atom stereocenters. The van der Waals surface area contributed by atoms with E-state index in [0.717, 1.165) is 50.3 Å². The van der Waals surface area contributed by atoms with Crippen LogP contribution < -0.4 is 10.1 Å². The normalized spacial score (nSPS) is 23.6. The first kappa shape index (κ1) is 18.0. The van der Waals surface area contributed by atoms with Crippen LogP contribution in [0.4, 0.5) is 0 Å². The Kier molecular flexibility index (Phi) is 5.16. The molecule has 2 aromatic rings. The Hall–Kier alpha value is -2.34. The number of piperidine rings is 1. The molecule has 2 aliphatic rings. The molecule has 0 radical (unpaired) electrons. The van der Waals surface area contributed by atoms with Crippen LogP contribution in [0, 0.1) is 5.92 Å². The molecule has 1 aromatic carbocycles. The van der Waals surface area contributed by atoms with Crippen molar-refractivity contribution < 1.29 is 9.53 Å². The van der Waals surface area contributed by atoms with Crippen molar-refractivity contribution in [1.82, 2.24) is 20.0 Å². The number of nitrogens with one attached hydrogen (secondary N) is 1. The van der Waals surface area contributed by atoms with Gasteiger partial charge < -0.3 is 15.0 Å². The van der Waals surface area contributed by atoms with Crippen LogP contribution >= 0.6 is 0 Å². The highest BCUT2D eigenvalue weighted by Crippen LogP contribution is 2.33. The third-order valence-electron chi connectivity index (χ3n) is 6.08. The standard InChI is InChI=1S/C21H28N4O2/c1-24-14-17(11-23-24)19-12-22-13-20(19)21(26)25-9-7-16(8-10-25)15-3-5-18(27-2)6-4-15/h3-6,11,14,16,19-20,22H,7-10,12-13H2,1-2H3/t19-,20+/m1/s1. The van der Waals surface area contributed by atoms with E-state index in [0.29, 0.717) is 11.8 Å². The highest BCUT2D eigenvalue weighted by Gasteiger charge is 2.38. The van der Waals surface area contributed by atoms with Crippen molar-refractivity contribution in [3.8, 4) is 5.75 Å². The number of benzene rings is 1. The van der Waals surface area contributed by atoms with Gasteiger partial charge in [0, 0.05) is 45.3 Å². The summed E-state index contributed by atoms with van der Waals surface area (Å²) in [4.78, 5) is 15.2. The molecule has 2 saturated heterocycles. The molecule has 2 fully saturated rings. The van der Waals surface area contributed by atoms with Crippen LogP contribution in [0.25, 0.3) is 0 Å². The number of aromatic nitrogens is 2. The highest BCUT2D eigenvalue weighted by molar-refractivity contribution is 5.80. The van der Waals surface area contributed by atoms with E-state index in [1.54, 1.807) is 7.11 Å². The summed E-state index contributed by atoms with van der Waals surface area (Å²) >= 11 is 0. The zero-order valence-corrected chi connectivity index (χ0v) is 16.1. The quantitative estimate of drug-likeness (QED) is 0.898. The van der Waals surface area contributed by atoms with E-state index in [2.05, 4.69) is 27.4 Å². The summed E-state index contributed by atoms with van der Waals surface area (Å²) in [7, 11) is 3.61. The smallest absolute Gasteiger partial charge is 0.227 e. The number of aryl methyl sites for hydroxylation is 1. The zero-order chi connectivity index (χ0) is 18.8. The molecule has 3 heterocycles. The fourth-order valence-corrected chi connectivity index (χ4v) is 4.46. The van der Waals surface area contributed by atoms with Crippen LogP contribution in [0.5, 0.6) is 5.75 Å².